The van der Waals surface area contributed by atoms with Crippen LogP contribution in [0.3, 0.4) is 0 Å². The molecule has 1 aromatic heterocycles. The SMILES string of the molecule is CCCc1nc(COc2ccc(Br)cc2S(N)(=O)=O)no1. The molecule has 21 heavy (non-hydrogen) atoms. The molecule has 2 rings (SSSR count). The minimum absolute atomic E-state index is 0.00261. The van der Waals surface area contributed by atoms with E-state index in [4.69, 9.17) is 14.4 Å². The summed E-state index contributed by atoms with van der Waals surface area (Å²) >= 11 is 3.19. The molecule has 0 unspecified atom stereocenters. The molecule has 0 radical (unpaired) electrons. The lowest BCUT2D eigenvalue weighted by Gasteiger charge is -2.08. The van der Waals surface area contributed by atoms with Crippen LogP contribution in [0, 0.1) is 0 Å². The van der Waals surface area contributed by atoms with E-state index in [2.05, 4.69) is 26.1 Å². The minimum atomic E-state index is -3.88. The van der Waals surface area contributed by atoms with Gasteiger partial charge in [0.2, 0.25) is 21.7 Å². The van der Waals surface area contributed by atoms with E-state index in [-0.39, 0.29) is 17.3 Å². The van der Waals surface area contributed by atoms with Crippen LogP contribution in [0.5, 0.6) is 5.75 Å². The number of hydrogen-bond acceptors (Lipinski definition) is 6. The molecule has 0 bridgehead atoms. The molecule has 9 heteroatoms. The van der Waals surface area contributed by atoms with Crippen LogP contribution < -0.4 is 9.88 Å². The van der Waals surface area contributed by atoms with E-state index in [0.29, 0.717) is 22.6 Å². The summed E-state index contributed by atoms with van der Waals surface area (Å²) in [5.74, 6) is 1.02. The molecule has 114 valence electrons. The van der Waals surface area contributed by atoms with Gasteiger partial charge < -0.3 is 9.26 Å². The first-order valence-corrected chi connectivity index (χ1v) is 8.50. The second-order valence-corrected chi connectivity index (χ2v) is 6.72. The van der Waals surface area contributed by atoms with Gasteiger partial charge in [-0.15, -0.1) is 0 Å². The monoisotopic (exact) mass is 375 g/mol. The quantitative estimate of drug-likeness (QED) is 0.826. The number of rotatable bonds is 6. The van der Waals surface area contributed by atoms with Crippen molar-refractivity contribution in [2.24, 2.45) is 5.14 Å². The van der Waals surface area contributed by atoms with Gasteiger partial charge in [0.05, 0.1) is 0 Å². The van der Waals surface area contributed by atoms with Crippen molar-refractivity contribution in [1.29, 1.82) is 0 Å². The summed E-state index contributed by atoms with van der Waals surface area (Å²) in [6.07, 6.45) is 1.58. The van der Waals surface area contributed by atoms with E-state index < -0.39 is 10.0 Å². The number of aryl methyl sites for hydroxylation is 1. The van der Waals surface area contributed by atoms with Crippen LogP contribution in [-0.4, -0.2) is 18.6 Å². The number of ether oxygens (including phenoxy) is 1. The van der Waals surface area contributed by atoms with Crippen LogP contribution in [0.15, 0.2) is 32.1 Å². The van der Waals surface area contributed by atoms with E-state index >= 15 is 0 Å². The van der Waals surface area contributed by atoms with Crippen molar-refractivity contribution in [3.05, 3.63) is 34.4 Å². The maximum Gasteiger partial charge on any atom is 0.241 e. The van der Waals surface area contributed by atoms with E-state index in [1.807, 2.05) is 6.92 Å². The molecule has 0 amide bonds. The lowest BCUT2D eigenvalue weighted by atomic mass is 10.3. The molecule has 0 aliphatic carbocycles. The zero-order chi connectivity index (χ0) is 15.5. The van der Waals surface area contributed by atoms with Gasteiger partial charge >= 0.3 is 0 Å². The van der Waals surface area contributed by atoms with Crippen LogP contribution in [0.4, 0.5) is 0 Å². The molecule has 0 aliphatic heterocycles. The Balaban J connectivity index is 2.16. The molecule has 0 saturated carbocycles. The third-order valence-electron chi connectivity index (χ3n) is 2.54. The van der Waals surface area contributed by atoms with Crippen molar-refractivity contribution in [2.45, 2.75) is 31.3 Å². The predicted octanol–water partition coefficient (Wildman–Crippen LogP) is 2.01. The van der Waals surface area contributed by atoms with E-state index in [1.54, 1.807) is 6.07 Å². The molecule has 0 saturated heterocycles. The molecular weight excluding hydrogens is 362 g/mol. The van der Waals surface area contributed by atoms with Crippen molar-refractivity contribution in [1.82, 2.24) is 10.1 Å². The molecule has 2 aromatic rings. The molecule has 0 fully saturated rings. The van der Waals surface area contributed by atoms with Gasteiger partial charge in [-0.25, -0.2) is 13.6 Å². The molecule has 0 spiro atoms. The summed E-state index contributed by atoms with van der Waals surface area (Å²) in [6, 6.07) is 4.54. The van der Waals surface area contributed by atoms with Crippen LogP contribution >= 0.6 is 15.9 Å². The fourth-order valence-electron chi connectivity index (χ4n) is 1.63. The second-order valence-electron chi connectivity index (χ2n) is 4.28. The van der Waals surface area contributed by atoms with Crippen molar-refractivity contribution < 1.29 is 17.7 Å². The highest BCUT2D eigenvalue weighted by Crippen LogP contribution is 2.27. The number of nitrogens with two attached hydrogens (primary N) is 1. The first-order valence-electron chi connectivity index (χ1n) is 6.16. The number of halogens is 1. The molecule has 2 N–H and O–H groups in total. The Kier molecular flexibility index (Phi) is 4.96. The summed E-state index contributed by atoms with van der Waals surface area (Å²) in [5, 5.41) is 8.92. The Morgan fingerprint density at radius 1 is 1.43 bits per heavy atom. The number of sulfonamides is 1. The zero-order valence-corrected chi connectivity index (χ0v) is 13.6. The lowest BCUT2D eigenvalue weighted by Crippen LogP contribution is -2.14. The molecule has 1 aromatic carbocycles. The average molecular weight is 376 g/mol. The first kappa shape index (κ1) is 15.9. The smallest absolute Gasteiger partial charge is 0.241 e. The summed E-state index contributed by atoms with van der Waals surface area (Å²) in [4.78, 5) is 4.03. The summed E-state index contributed by atoms with van der Waals surface area (Å²) in [5.41, 5.74) is 0. The van der Waals surface area contributed by atoms with E-state index in [0.717, 1.165) is 6.42 Å². The number of aromatic nitrogens is 2. The van der Waals surface area contributed by atoms with Crippen LogP contribution in [0.25, 0.3) is 0 Å². The number of nitrogens with zero attached hydrogens (tertiary/aromatic N) is 2. The summed E-state index contributed by atoms with van der Waals surface area (Å²) in [7, 11) is -3.88. The Bertz CT molecular complexity index is 730. The van der Waals surface area contributed by atoms with Crippen molar-refractivity contribution in [3.8, 4) is 5.75 Å². The Hall–Kier alpha value is -1.45. The summed E-state index contributed by atoms with van der Waals surface area (Å²) in [6.45, 7) is 2.00. The second kappa shape index (κ2) is 6.54. The Morgan fingerprint density at radius 2 is 2.19 bits per heavy atom. The third kappa shape index (κ3) is 4.26. The van der Waals surface area contributed by atoms with E-state index in [1.165, 1.54) is 12.1 Å². The maximum absolute atomic E-state index is 11.5. The zero-order valence-electron chi connectivity index (χ0n) is 11.2. The Labute approximate surface area is 130 Å². The largest absolute Gasteiger partial charge is 0.484 e. The number of hydrogen-bond donors (Lipinski definition) is 1. The standard InChI is InChI=1S/C12H14BrN3O4S/c1-2-3-12-15-11(16-20-12)7-19-9-5-4-8(13)6-10(9)21(14,17)18/h4-6H,2-3,7H2,1H3,(H2,14,17,18). The van der Waals surface area contributed by atoms with Gasteiger partial charge in [-0.2, -0.15) is 4.98 Å². The Morgan fingerprint density at radius 3 is 2.86 bits per heavy atom. The minimum Gasteiger partial charge on any atom is -0.484 e. The van der Waals surface area contributed by atoms with E-state index in [9.17, 15) is 8.42 Å². The third-order valence-corrected chi connectivity index (χ3v) is 3.97. The van der Waals surface area contributed by atoms with Gasteiger partial charge in [0.25, 0.3) is 0 Å². The van der Waals surface area contributed by atoms with Crippen LogP contribution in [-0.2, 0) is 23.1 Å². The van der Waals surface area contributed by atoms with Crippen molar-refractivity contribution >= 4 is 26.0 Å². The molecule has 0 aliphatic rings. The highest BCUT2D eigenvalue weighted by molar-refractivity contribution is 9.10. The van der Waals surface area contributed by atoms with Gasteiger partial charge in [-0.05, 0) is 24.6 Å². The number of primary sulfonamides is 1. The van der Waals surface area contributed by atoms with Gasteiger partial charge in [0.1, 0.15) is 10.6 Å². The number of benzene rings is 1. The van der Waals surface area contributed by atoms with Crippen LogP contribution in [0.1, 0.15) is 25.1 Å². The summed E-state index contributed by atoms with van der Waals surface area (Å²) < 4.78 is 34.1. The van der Waals surface area contributed by atoms with Gasteiger partial charge in [0.15, 0.2) is 6.61 Å². The van der Waals surface area contributed by atoms with Crippen molar-refractivity contribution in [3.63, 3.8) is 0 Å². The highest BCUT2D eigenvalue weighted by Gasteiger charge is 2.16. The fraction of sp³-hybridized carbons (Fsp3) is 0.333. The van der Waals surface area contributed by atoms with Gasteiger partial charge in [-0.3, -0.25) is 0 Å². The molecular formula is C12H14BrN3O4S. The average Bonchev–Trinajstić information content (AvgIpc) is 2.84. The predicted molar refractivity (Wildman–Crippen MR) is 78.1 cm³/mol. The fourth-order valence-corrected chi connectivity index (χ4v) is 2.84. The van der Waals surface area contributed by atoms with Gasteiger partial charge in [-0.1, -0.05) is 28.0 Å². The molecule has 1 heterocycles. The maximum atomic E-state index is 11.5. The normalized spacial score (nSPS) is 11.6. The topological polar surface area (TPSA) is 108 Å². The van der Waals surface area contributed by atoms with Gasteiger partial charge in [0, 0.05) is 10.9 Å². The van der Waals surface area contributed by atoms with Crippen LogP contribution in [0.2, 0.25) is 0 Å². The molecule has 0 atom stereocenters. The first-order chi connectivity index (χ1) is 9.90. The highest BCUT2D eigenvalue weighted by atomic mass is 79.9. The lowest BCUT2D eigenvalue weighted by molar-refractivity contribution is 0.278. The van der Waals surface area contributed by atoms with Crippen molar-refractivity contribution in [2.75, 3.05) is 0 Å². The molecule has 7 nitrogen and oxygen atoms in total.